The zero-order valence-corrected chi connectivity index (χ0v) is 12.0. The average molecular weight is 321 g/mol. The van der Waals surface area contributed by atoms with Crippen molar-refractivity contribution in [3.63, 3.8) is 0 Å². The van der Waals surface area contributed by atoms with Crippen LogP contribution in [-0.4, -0.2) is 35.7 Å². The summed E-state index contributed by atoms with van der Waals surface area (Å²) < 4.78 is 5.71. The van der Waals surface area contributed by atoms with E-state index in [1.165, 1.54) is 11.3 Å². The molecule has 1 atom stereocenters. The van der Waals surface area contributed by atoms with Crippen LogP contribution >= 0.6 is 27.3 Å². The Labute approximate surface area is 113 Å². The third-order valence-corrected chi connectivity index (χ3v) is 3.44. The van der Waals surface area contributed by atoms with Crippen LogP contribution in [0.1, 0.15) is 11.8 Å². The highest BCUT2D eigenvalue weighted by molar-refractivity contribution is 9.11. The number of thiazole rings is 1. The first-order chi connectivity index (χ1) is 8.02. The van der Waals surface area contributed by atoms with Gasteiger partial charge < -0.3 is 15.0 Å². The maximum atomic E-state index is 11.7. The number of halogens is 1. The Bertz CT molecular complexity index is 375. The fourth-order valence-corrected chi connectivity index (χ4v) is 2.73. The van der Waals surface area contributed by atoms with Gasteiger partial charge in [0.15, 0.2) is 3.92 Å². The maximum absolute atomic E-state index is 11.7. The monoisotopic (exact) mass is 320 g/mol. The molecule has 8 heteroatoms. The predicted molar refractivity (Wildman–Crippen MR) is 70.9 cm³/mol. The zero-order chi connectivity index (χ0) is 12.8. The molecule has 0 bridgehead atoms. The number of ether oxygens (including phenoxy) is 1. The topological polar surface area (TPSA) is 71.5 Å². The number of carbonyl (C=O) groups excluding carboxylic acids is 1. The number of esters is 1. The Morgan fingerprint density at radius 2 is 2.53 bits per heavy atom. The summed E-state index contributed by atoms with van der Waals surface area (Å²) in [6.07, 6.45) is 2.15. The lowest BCUT2D eigenvalue weighted by atomic mass is 9.86. The van der Waals surface area contributed by atoms with Gasteiger partial charge in [0.25, 0.3) is 0 Å². The molecule has 1 aromatic heterocycles. The Balaban J connectivity index is 2.66. The third-order valence-electron chi connectivity index (χ3n) is 1.94. The van der Waals surface area contributed by atoms with Crippen LogP contribution in [0.25, 0.3) is 0 Å². The van der Waals surface area contributed by atoms with Crippen LogP contribution in [0.4, 0.5) is 0 Å². The van der Waals surface area contributed by atoms with Gasteiger partial charge in [0.1, 0.15) is 6.04 Å². The first-order valence-electron chi connectivity index (χ1n) is 5.24. The Kier molecular flexibility index (Phi) is 6.11. The molecule has 94 valence electrons. The van der Waals surface area contributed by atoms with E-state index >= 15 is 0 Å². The molecule has 0 aliphatic rings. The van der Waals surface area contributed by atoms with Crippen molar-refractivity contribution in [3.8, 4) is 0 Å². The van der Waals surface area contributed by atoms with Gasteiger partial charge in [-0.15, -0.1) is 11.3 Å². The molecule has 0 spiro atoms. The second-order valence-corrected chi connectivity index (χ2v) is 5.82. The molecule has 17 heavy (non-hydrogen) atoms. The molecule has 1 unspecified atom stereocenters. The van der Waals surface area contributed by atoms with Crippen LogP contribution in [0.3, 0.4) is 0 Å². The molecule has 1 aromatic rings. The fourth-order valence-electron chi connectivity index (χ4n) is 1.32. The number of nitrogens with one attached hydrogen (secondary N) is 1. The van der Waals surface area contributed by atoms with Gasteiger partial charge in [-0.05, 0) is 29.7 Å². The Morgan fingerprint density at radius 3 is 3.00 bits per heavy atom. The minimum atomic E-state index is -0.763. The summed E-state index contributed by atoms with van der Waals surface area (Å²) in [6, 6.07) is -0.553. The van der Waals surface area contributed by atoms with Crippen molar-refractivity contribution in [2.24, 2.45) is 0 Å². The summed E-state index contributed by atoms with van der Waals surface area (Å²) in [5.41, 5.74) is 0. The van der Waals surface area contributed by atoms with Crippen LogP contribution in [-0.2, 0) is 16.0 Å². The smallest absolute Gasteiger partial charge is 0.374 e. The van der Waals surface area contributed by atoms with Crippen molar-refractivity contribution in [1.29, 1.82) is 0 Å². The van der Waals surface area contributed by atoms with Gasteiger partial charge in [-0.3, -0.25) is 4.79 Å². The first-order valence-corrected chi connectivity index (χ1v) is 6.84. The summed E-state index contributed by atoms with van der Waals surface area (Å²) >= 11 is 4.72. The van der Waals surface area contributed by atoms with E-state index in [-0.39, 0.29) is 5.97 Å². The summed E-state index contributed by atoms with van der Waals surface area (Å²) in [4.78, 5) is 16.7. The molecule has 1 heterocycles. The summed E-state index contributed by atoms with van der Waals surface area (Å²) in [5, 5.41) is 12.0. The van der Waals surface area contributed by atoms with Gasteiger partial charge in [0.2, 0.25) is 0 Å². The van der Waals surface area contributed by atoms with Gasteiger partial charge in [0.05, 0.1) is 6.61 Å². The van der Waals surface area contributed by atoms with Crippen LogP contribution < -0.4 is 5.23 Å². The van der Waals surface area contributed by atoms with E-state index in [0.717, 1.165) is 8.79 Å². The van der Waals surface area contributed by atoms with Crippen LogP contribution in [0, 0.1) is 0 Å². The molecule has 0 aliphatic heterocycles. The molecule has 0 saturated carbocycles. The lowest BCUT2D eigenvalue weighted by Crippen LogP contribution is -2.46. The zero-order valence-electron chi connectivity index (χ0n) is 9.64. The van der Waals surface area contributed by atoms with E-state index in [9.17, 15) is 9.82 Å². The average Bonchev–Trinajstić information content (AvgIpc) is 2.63. The molecule has 0 aromatic carbocycles. The Hall–Kier alpha value is -0.435. The van der Waals surface area contributed by atoms with E-state index in [1.807, 2.05) is 0 Å². The van der Waals surface area contributed by atoms with Gasteiger partial charge in [-0.1, -0.05) is 0 Å². The number of rotatable bonds is 6. The maximum Gasteiger partial charge on any atom is 0.374 e. The lowest BCUT2D eigenvalue weighted by molar-refractivity contribution is -0.145. The number of hydrogen-bond acceptors (Lipinski definition) is 6. The van der Waals surface area contributed by atoms with Crippen molar-refractivity contribution in [1.82, 2.24) is 10.2 Å². The van der Waals surface area contributed by atoms with Crippen molar-refractivity contribution in [3.05, 3.63) is 15.0 Å². The highest BCUT2D eigenvalue weighted by Crippen LogP contribution is 2.20. The minimum absolute atomic E-state index is 0.323. The quantitative estimate of drug-likeness (QED) is 0.606. The normalized spacial score (nSPS) is 12.2. The highest BCUT2D eigenvalue weighted by atomic mass is 79.9. The second kappa shape index (κ2) is 7.10. The van der Waals surface area contributed by atoms with E-state index in [1.54, 1.807) is 19.9 Å². The van der Waals surface area contributed by atoms with E-state index in [0.29, 0.717) is 13.0 Å². The van der Waals surface area contributed by atoms with Crippen LogP contribution in [0.15, 0.2) is 10.1 Å². The predicted octanol–water partition coefficient (Wildman–Crippen LogP) is 1.08. The van der Waals surface area contributed by atoms with Gasteiger partial charge in [0, 0.05) is 17.5 Å². The molecule has 0 radical (unpaired) electrons. The summed E-state index contributed by atoms with van der Waals surface area (Å²) in [6.45, 7) is 3.64. The van der Waals surface area contributed by atoms with Gasteiger partial charge >= 0.3 is 13.0 Å². The van der Waals surface area contributed by atoms with Gasteiger partial charge in [-0.25, -0.2) is 4.98 Å². The standard InChI is InChI=1S/C9H14BBrN2O3S/c1-3-16-8(14)7(13-10(2)15)4-6-5-12-9(11)17-6/h5,7,13,15H,3-4H2,1-2H3. The molecule has 0 saturated heterocycles. The molecular weight excluding hydrogens is 307 g/mol. The van der Waals surface area contributed by atoms with Crippen molar-refractivity contribution in [2.45, 2.75) is 26.2 Å². The fraction of sp³-hybridized carbons (Fsp3) is 0.556. The highest BCUT2D eigenvalue weighted by Gasteiger charge is 2.23. The van der Waals surface area contributed by atoms with Crippen molar-refractivity contribution in [2.75, 3.05) is 6.61 Å². The van der Waals surface area contributed by atoms with Crippen molar-refractivity contribution >= 4 is 40.3 Å². The SMILES string of the molecule is CCOC(=O)C(Cc1cnc(Br)s1)NB(C)O. The molecular formula is C9H14BBrN2O3S. The molecule has 5 nitrogen and oxygen atoms in total. The van der Waals surface area contributed by atoms with Gasteiger partial charge in [-0.2, -0.15) is 0 Å². The number of aromatic nitrogens is 1. The lowest BCUT2D eigenvalue weighted by Gasteiger charge is -2.16. The first kappa shape index (κ1) is 14.6. The van der Waals surface area contributed by atoms with E-state index in [4.69, 9.17) is 4.74 Å². The van der Waals surface area contributed by atoms with Crippen molar-refractivity contribution < 1.29 is 14.6 Å². The molecule has 0 fully saturated rings. The third kappa shape index (κ3) is 5.16. The summed E-state index contributed by atoms with van der Waals surface area (Å²) in [7, 11) is -0.763. The van der Waals surface area contributed by atoms with E-state index in [2.05, 4.69) is 26.1 Å². The molecule has 0 aliphatic carbocycles. The van der Waals surface area contributed by atoms with Crippen LogP contribution in [0.2, 0.25) is 6.82 Å². The largest absolute Gasteiger partial charge is 0.465 e. The van der Waals surface area contributed by atoms with Crippen LogP contribution in [0.5, 0.6) is 0 Å². The second-order valence-electron chi connectivity index (χ2n) is 3.43. The number of nitrogens with zero attached hydrogens (tertiary/aromatic N) is 1. The molecule has 1 rings (SSSR count). The Morgan fingerprint density at radius 1 is 1.82 bits per heavy atom. The van der Waals surface area contributed by atoms with E-state index < -0.39 is 13.1 Å². The number of carbonyl (C=O) groups is 1. The molecule has 2 N–H and O–H groups in total. The number of hydrogen-bond donors (Lipinski definition) is 2. The molecule has 0 amide bonds. The summed E-state index contributed by atoms with van der Waals surface area (Å²) in [5.74, 6) is -0.363. The minimum Gasteiger partial charge on any atom is -0.465 e.